The Labute approximate surface area is 111 Å². The Morgan fingerprint density at radius 1 is 1.28 bits per heavy atom. The van der Waals surface area contributed by atoms with Crippen LogP contribution in [0.2, 0.25) is 0 Å². The fourth-order valence-corrected chi connectivity index (χ4v) is 1.48. The lowest BCUT2D eigenvalue weighted by molar-refractivity contribution is -0.119. The molecular weight excluding hydrogens is 228 g/mol. The molecule has 1 unspecified atom stereocenters. The summed E-state index contributed by atoms with van der Waals surface area (Å²) in [6.45, 7) is 10.6. The predicted octanol–water partition coefficient (Wildman–Crippen LogP) is 1.41. The van der Waals surface area contributed by atoms with E-state index in [1.807, 2.05) is 20.8 Å². The van der Waals surface area contributed by atoms with Crippen molar-refractivity contribution in [1.29, 1.82) is 0 Å². The summed E-state index contributed by atoms with van der Waals surface area (Å²) in [5.41, 5.74) is 10.5. The number of nitrogens with one attached hydrogen (secondary N) is 1. The van der Waals surface area contributed by atoms with Gasteiger partial charge in [0, 0.05) is 31.5 Å². The molecule has 0 heterocycles. The number of aliphatic imine (C=N–C) groups is 1. The molecule has 0 rings (SSSR count). The molecule has 0 aliphatic rings. The first-order valence-corrected chi connectivity index (χ1v) is 6.78. The summed E-state index contributed by atoms with van der Waals surface area (Å²) in [6, 6.07) is 0.518. The van der Waals surface area contributed by atoms with Crippen molar-refractivity contribution < 1.29 is 4.79 Å². The quantitative estimate of drug-likeness (QED) is 0.453. The topological polar surface area (TPSA) is 93.5 Å². The number of hydrogen-bond donors (Lipinski definition) is 3. The van der Waals surface area contributed by atoms with Crippen LogP contribution in [0.4, 0.5) is 0 Å². The highest BCUT2D eigenvalue weighted by molar-refractivity contribution is 5.78. The summed E-state index contributed by atoms with van der Waals surface area (Å²) in [4.78, 5) is 15.3. The molecule has 0 aliphatic heterocycles. The minimum absolute atomic E-state index is 0.102. The van der Waals surface area contributed by atoms with E-state index in [4.69, 9.17) is 11.5 Å². The van der Waals surface area contributed by atoms with E-state index in [9.17, 15) is 4.79 Å². The van der Waals surface area contributed by atoms with Crippen molar-refractivity contribution in [2.24, 2.45) is 16.5 Å². The number of guanidine groups is 1. The smallest absolute Gasteiger partial charge is 0.185 e. The minimum atomic E-state index is 0.102. The second-order valence-electron chi connectivity index (χ2n) is 4.21. The van der Waals surface area contributed by atoms with Gasteiger partial charge in [0.05, 0.1) is 0 Å². The highest BCUT2D eigenvalue weighted by Crippen LogP contribution is 2.03. The average Bonchev–Trinajstić information content (AvgIpc) is 2.30. The molecule has 0 saturated heterocycles. The van der Waals surface area contributed by atoms with E-state index < -0.39 is 0 Å². The number of hydrogen-bond acceptors (Lipinski definition) is 3. The molecule has 1 atom stereocenters. The van der Waals surface area contributed by atoms with E-state index in [1.54, 1.807) is 0 Å². The molecule has 0 spiro atoms. The van der Waals surface area contributed by atoms with Crippen molar-refractivity contribution in [3.05, 3.63) is 0 Å². The van der Waals surface area contributed by atoms with Crippen LogP contribution in [0, 0.1) is 0 Å². The Morgan fingerprint density at radius 3 is 2.22 bits per heavy atom. The highest BCUT2D eigenvalue weighted by Gasteiger charge is 2.13. The van der Waals surface area contributed by atoms with Gasteiger partial charge in [0.2, 0.25) is 0 Å². The lowest BCUT2D eigenvalue weighted by atomic mass is 10.0. The standard InChI is InChI=1S/C11H24N4O.C2H6/c1-4-10(16)7-9(15-8(2)3)5-6-14-11(12)13;1-2/h8-9,15H,4-7H2,1-3H3,(H4,12,13,14);1-2H3. The summed E-state index contributed by atoms with van der Waals surface area (Å²) in [7, 11) is 0. The van der Waals surface area contributed by atoms with Gasteiger partial charge in [0.15, 0.2) is 5.96 Å². The van der Waals surface area contributed by atoms with Crippen LogP contribution in [0.1, 0.15) is 53.9 Å². The van der Waals surface area contributed by atoms with Gasteiger partial charge in [-0.05, 0) is 6.42 Å². The van der Waals surface area contributed by atoms with Gasteiger partial charge < -0.3 is 16.8 Å². The van der Waals surface area contributed by atoms with Crippen molar-refractivity contribution in [3.8, 4) is 0 Å². The third-order valence-electron chi connectivity index (χ3n) is 2.21. The van der Waals surface area contributed by atoms with E-state index in [2.05, 4.69) is 24.2 Å². The van der Waals surface area contributed by atoms with Crippen molar-refractivity contribution in [3.63, 3.8) is 0 Å². The highest BCUT2D eigenvalue weighted by atomic mass is 16.1. The van der Waals surface area contributed by atoms with Crippen LogP contribution in [0.5, 0.6) is 0 Å². The van der Waals surface area contributed by atoms with Gasteiger partial charge in [-0.15, -0.1) is 0 Å². The first kappa shape index (κ1) is 19.2. The second kappa shape index (κ2) is 12.4. The first-order chi connectivity index (χ1) is 8.45. The molecule has 0 aromatic carbocycles. The van der Waals surface area contributed by atoms with E-state index in [-0.39, 0.29) is 17.8 Å². The maximum Gasteiger partial charge on any atom is 0.185 e. The Bertz CT molecular complexity index is 235. The number of rotatable bonds is 8. The van der Waals surface area contributed by atoms with Crippen LogP contribution in [-0.4, -0.2) is 30.4 Å². The van der Waals surface area contributed by atoms with Crippen molar-refractivity contribution in [1.82, 2.24) is 5.32 Å². The fraction of sp³-hybridized carbons (Fsp3) is 0.846. The van der Waals surface area contributed by atoms with Crippen LogP contribution < -0.4 is 16.8 Å². The summed E-state index contributed by atoms with van der Waals surface area (Å²) < 4.78 is 0. The van der Waals surface area contributed by atoms with Crippen LogP contribution >= 0.6 is 0 Å². The molecule has 0 aromatic heterocycles. The van der Waals surface area contributed by atoms with Gasteiger partial charge in [-0.3, -0.25) is 9.79 Å². The minimum Gasteiger partial charge on any atom is -0.370 e. The van der Waals surface area contributed by atoms with Gasteiger partial charge in [-0.25, -0.2) is 0 Å². The zero-order chi connectivity index (χ0) is 14.6. The van der Waals surface area contributed by atoms with Gasteiger partial charge in [-0.1, -0.05) is 34.6 Å². The van der Waals surface area contributed by atoms with Crippen molar-refractivity contribution in [2.75, 3.05) is 6.54 Å². The molecule has 5 heteroatoms. The molecule has 0 amide bonds. The largest absolute Gasteiger partial charge is 0.370 e. The monoisotopic (exact) mass is 258 g/mol. The molecule has 0 aliphatic carbocycles. The fourth-order valence-electron chi connectivity index (χ4n) is 1.48. The summed E-state index contributed by atoms with van der Waals surface area (Å²) >= 11 is 0. The summed E-state index contributed by atoms with van der Waals surface area (Å²) in [5.74, 6) is 0.368. The van der Waals surface area contributed by atoms with Gasteiger partial charge in [-0.2, -0.15) is 0 Å². The zero-order valence-corrected chi connectivity index (χ0v) is 12.5. The van der Waals surface area contributed by atoms with Crippen LogP contribution in [0.3, 0.4) is 0 Å². The second-order valence-corrected chi connectivity index (χ2v) is 4.21. The van der Waals surface area contributed by atoms with Gasteiger partial charge >= 0.3 is 0 Å². The molecule has 5 N–H and O–H groups in total. The Hall–Kier alpha value is -1.10. The third-order valence-corrected chi connectivity index (χ3v) is 2.21. The van der Waals surface area contributed by atoms with E-state index >= 15 is 0 Å². The van der Waals surface area contributed by atoms with Crippen LogP contribution in [0.25, 0.3) is 0 Å². The van der Waals surface area contributed by atoms with Crippen LogP contribution in [0.15, 0.2) is 4.99 Å². The summed E-state index contributed by atoms with van der Waals surface area (Å²) in [6.07, 6.45) is 1.91. The Balaban J connectivity index is 0. The lowest BCUT2D eigenvalue weighted by Crippen LogP contribution is -2.37. The molecule has 18 heavy (non-hydrogen) atoms. The normalized spacial score (nSPS) is 11.4. The number of Topliss-reactive ketones (excluding diaryl/α,β-unsaturated/α-hetero) is 1. The number of nitrogens with two attached hydrogens (primary N) is 2. The van der Waals surface area contributed by atoms with E-state index in [1.165, 1.54) is 0 Å². The van der Waals surface area contributed by atoms with Crippen molar-refractivity contribution >= 4 is 11.7 Å². The van der Waals surface area contributed by atoms with E-state index in [0.29, 0.717) is 25.4 Å². The van der Waals surface area contributed by atoms with Crippen LogP contribution in [-0.2, 0) is 4.79 Å². The Kier molecular flexibility index (Phi) is 13.2. The molecule has 108 valence electrons. The maximum atomic E-state index is 11.4. The SMILES string of the molecule is CC.CCC(=O)CC(CCN=C(N)N)NC(C)C. The summed E-state index contributed by atoms with van der Waals surface area (Å²) in [5, 5.41) is 3.35. The van der Waals surface area contributed by atoms with Gasteiger partial charge in [0.1, 0.15) is 5.78 Å². The predicted molar refractivity (Wildman–Crippen MR) is 78.6 cm³/mol. The molecule has 0 saturated carbocycles. The molecule has 0 fully saturated rings. The molecule has 0 radical (unpaired) electrons. The number of carbonyl (C=O) groups is 1. The van der Waals surface area contributed by atoms with E-state index in [0.717, 1.165) is 6.42 Å². The molecule has 0 bridgehead atoms. The first-order valence-electron chi connectivity index (χ1n) is 6.78. The van der Waals surface area contributed by atoms with Crippen molar-refractivity contribution in [2.45, 2.75) is 66.0 Å². The maximum absolute atomic E-state index is 11.4. The number of nitrogens with zero attached hydrogens (tertiary/aromatic N) is 1. The average molecular weight is 258 g/mol. The lowest BCUT2D eigenvalue weighted by Gasteiger charge is -2.19. The molecule has 5 nitrogen and oxygen atoms in total. The number of ketones is 1. The Morgan fingerprint density at radius 2 is 1.83 bits per heavy atom. The van der Waals surface area contributed by atoms with Gasteiger partial charge in [0.25, 0.3) is 0 Å². The third kappa shape index (κ3) is 13.0. The number of carbonyl (C=O) groups excluding carboxylic acids is 1. The zero-order valence-electron chi connectivity index (χ0n) is 12.5. The molecule has 0 aromatic rings. The molecular formula is C13H30N4O.